The minimum absolute atomic E-state index is 0. The molecule has 0 fully saturated rings. The minimum Gasteiger partial charge on any atom is -0.810 e. The molecule has 0 aromatic heterocycles. The Morgan fingerprint density at radius 1 is 0.609 bits per heavy atom. The second-order valence-corrected chi connectivity index (χ2v) is 5.43. The van der Waals surface area contributed by atoms with Gasteiger partial charge < -0.3 is 5.41 Å². The first-order valence-corrected chi connectivity index (χ1v) is 7.46. The van der Waals surface area contributed by atoms with Crippen LogP contribution in [0.4, 0.5) is 0 Å². The van der Waals surface area contributed by atoms with Crippen LogP contribution in [0.25, 0.3) is 5.41 Å². The Hall–Kier alpha value is -1.57. The minimum atomic E-state index is -0.649. The molecule has 0 saturated heterocycles. The maximum absolute atomic E-state index is 10.7. The van der Waals surface area contributed by atoms with Crippen molar-refractivity contribution < 1.29 is 32.7 Å². The third kappa shape index (κ3) is 3.22. The summed E-state index contributed by atoms with van der Waals surface area (Å²) in [7, 11) is 0. The van der Waals surface area contributed by atoms with Crippen molar-refractivity contribution >= 4 is 5.71 Å². The van der Waals surface area contributed by atoms with E-state index in [0.29, 0.717) is 5.71 Å². The van der Waals surface area contributed by atoms with Crippen LogP contribution in [0.2, 0.25) is 0 Å². The average Bonchev–Trinajstić information content (AvgIpc) is 2.58. The van der Waals surface area contributed by atoms with Crippen LogP contribution in [0, 0.1) is 0 Å². The van der Waals surface area contributed by atoms with Gasteiger partial charge in [-0.2, -0.15) is 5.71 Å². The molecule has 0 N–H and O–H groups in total. The van der Waals surface area contributed by atoms with Gasteiger partial charge in [0.15, 0.2) is 0 Å². The molecule has 2 heteroatoms. The molecule has 0 aliphatic rings. The number of nitrogens with zero attached hydrogens (tertiary/aromatic N) is 1. The zero-order chi connectivity index (χ0) is 15.4. The van der Waals surface area contributed by atoms with Crippen LogP contribution in [-0.2, 0) is 38.1 Å². The molecule has 0 bridgehead atoms. The van der Waals surface area contributed by atoms with Gasteiger partial charge in [0, 0.05) is 38.1 Å². The molecule has 0 atom stereocenters. The molecule has 3 aromatic carbocycles. The average molecular weight is 373 g/mol. The summed E-state index contributed by atoms with van der Waals surface area (Å²) >= 11 is 0. The molecule has 0 spiro atoms. The van der Waals surface area contributed by atoms with Crippen molar-refractivity contribution in [2.75, 3.05) is 0 Å². The number of benzene rings is 3. The number of rotatable bonds is 4. The normalized spacial score (nSPS) is 10.7. The van der Waals surface area contributed by atoms with Crippen LogP contribution in [0.1, 0.15) is 23.6 Å². The molecule has 111 valence electrons. The van der Waals surface area contributed by atoms with Crippen molar-refractivity contribution in [3.05, 3.63) is 113 Å². The van der Waals surface area contributed by atoms with Crippen molar-refractivity contribution in [3.8, 4) is 0 Å². The fourth-order valence-electron chi connectivity index (χ4n) is 3.19. The summed E-state index contributed by atoms with van der Waals surface area (Å²) in [6.45, 7) is 1.78. The fraction of sp³-hybridized carbons (Fsp3) is 0.0952. The first-order chi connectivity index (χ1) is 10.8. The van der Waals surface area contributed by atoms with Crippen molar-refractivity contribution in [3.63, 3.8) is 0 Å². The standard InChI is InChI=1S/C21H18N.Y/c1-17(22)21(18-11-5-2-6-12-18,19-13-7-3-8-14-19)20-15-9-4-10-16-20;/h2-16H,1H3;/q-1;. The predicted octanol–water partition coefficient (Wildman–Crippen LogP) is 5.05. The van der Waals surface area contributed by atoms with Gasteiger partial charge in [0.25, 0.3) is 0 Å². The molecule has 0 aliphatic heterocycles. The Bertz CT molecular complexity index is 655. The van der Waals surface area contributed by atoms with Crippen LogP contribution in [0.5, 0.6) is 0 Å². The van der Waals surface area contributed by atoms with E-state index in [1.54, 1.807) is 6.92 Å². The van der Waals surface area contributed by atoms with Gasteiger partial charge in [-0.25, -0.2) is 0 Å². The third-order valence-electron chi connectivity index (χ3n) is 4.16. The fourth-order valence-corrected chi connectivity index (χ4v) is 3.19. The first-order valence-electron chi connectivity index (χ1n) is 7.46. The van der Waals surface area contributed by atoms with Crippen LogP contribution >= 0.6 is 0 Å². The summed E-state index contributed by atoms with van der Waals surface area (Å²) in [6, 6.07) is 30.5. The van der Waals surface area contributed by atoms with Crippen LogP contribution in [-0.4, -0.2) is 5.71 Å². The quantitative estimate of drug-likeness (QED) is 0.451. The van der Waals surface area contributed by atoms with Crippen molar-refractivity contribution in [1.29, 1.82) is 0 Å². The van der Waals surface area contributed by atoms with E-state index < -0.39 is 5.41 Å². The SMILES string of the molecule is CC(=[N-])C(c1ccccc1)(c1ccccc1)c1ccccc1.[Y]. The van der Waals surface area contributed by atoms with E-state index in [4.69, 9.17) is 0 Å². The Labute approximate surface area is 163 Å². The van der Waals surface area contributed by atoms with E-state index in [1.807, 2.05) is 54.6 Å². The van der Waals surface area contributed by atoms with Crippen molar-refractivity contribution in [2.45, 2.75) is 12.3 Å². The van der Waals surface area contributed by atoms with E-state index in [-0.39, 0.29) is 32.7 Å². The Morgan fingerprint density at radius 3 is 1.09 bits per heavy atom. The topological polar surface area (TPSA) is 22.3 Å². The van der Waals surface area contributed by atoms with Crippen LogP contribution in [0.15, 0.2) is 91.0 Å². The van der Waals surface area contributed by atoms with Gasteiger partial charge in [-0.15, -0.1) is 0 Å². The first kappa shape index (κ1) is 17.8. The molecule has 0 heterocycles. The third-order valence-corrected chi connectivity index (χ3v) is 4.16. The van der Waals surface area contributed by atoms with E-state index >= 15 is 0 Å². The van der Waals surface area contributed by atoms with Crippen LogP contribution < -0.4 is 0 Å². The van der Waals surface area contributed by atoms with Gasteiger partial charge in [-0.1, -0.05) is 97.9 Å². The van der Waals surface area contributed by atoms with Gasteiger partial charge in [0.1, 0.15) is 0 Å². The van der Waals surface area contributed by atoms with E-state index in [2.05, 4.69) is 36.4 Å². The van der Waals surface area contributed by atoms with Crippen molar-refractivity contribution in [1.82, 2.24) is 0 Å². The second kappa shape index (κ2) is 7.81. The summed E-state index contributed by atoms with van der Waals surface area (Å²) in [4.78, 5) is 0. The van der Waals surface area contributed by atoms with Crippen LogP contribution in [0.3, 0.4) is 0 Å². The number of hydrogen-bond acceptors (Lipinski definition) is 0. The molecule has 0 saturated carbocycles. The van der Waals surface area contributed by atoms with Gasteiger partial charge in [0.05, 0.1) is 0 Å². The largest absolute Gasteiger partial charge is 0.810 e. The zero-order valence-electron chi connectivity index (χ0n) is 13.2. The Kier molecular flexibility index (Phi) is 6.04. The predicted molar refractivity (Wildman–Crippen MR) is 93.2 cm³/mol. The summed E-state index contributed by atoms with van der Waals surface area (Å²) < 4.78 is 0. The molecule has 0 aliphatic carbocycles. The molecule has 23 heavy (non-hydrogen) atoms. The molecular formula is C21H18NY-. The molecule has 0 amide bonds. The summed E-state index contributed by atoms with van der Waals surface area (Å²) in [5.74, 6) is 0. The summed E-state index contributed by atoms with van der Waals surface area (Å²) in [5.41, 5.74) is 2.91. The smallest absolute Gasteiger partial charge is 0.0446 e. The molecule has 3 aromatic rings. The van der Waals surface area contributed by atoms with E-state index in [0.717, 1.165) is 16.7 Å². The molecule has 1 radical (unpaired) electrons. The molecule has 1 nitrogen and oxygen atoms in total. The number of hydrogen-bond donors (Lipinski definition) is 0. The molecule has 3 rings (SSSR count). The van der Waals surface area contributed by atoms with E-state index in [9.17, 15) is 5.41 Å². The maximum Gasteiger partial charge on any atom is 0.0446 e. The Balaban J connectivity index is 0.00000192. The second-order valence-electron chi connectivity index (χ2n) is 5.43. The van der Waals surface area contributed by atoms with Gasteiger partial charge in [0.2, 0.25) is 0 Å². The van der Waals surface area contributed by atoms with Gasteiger partial charge in [-0.3, -0.25) is 0 Å². The summed E-state index contributed by atoms with van der Waals surface area (Å²) in [5, 5.41) is 10.7. The maximum atomic E-state index is 10.7. The van der Waals surface area contributed by atoms with Gasteiger partial charge in [-0.05, 0) is 16.7 Å². The molecule has 0 unspecified atom stereocenters. The van der Waals surface area contributed by atoms with E-state index in [1.165, 1.54) is 0 Å². The monoisotopic (exact) mass is 373 g/mol. The summed E-state index contributed by atoms with van der Waals surface area (Å²) in [6.07, 6.45) is 0. The van der Waals surface area contributed by atoms with Gasteiger partial charge >= 0.3 is 0 Å². The van der Waals surface area contributed by atoms with Crippen molar-refractivity contribution in [2.24, 2.45) is 0 Å². The Morgan fingerprint density at radius 2 is 0.870 bits per heavy atom. The molecular weight excluding hydrogens is 355 g/mol. The zero-order valence-corrected chi connectivity index (χ0v) is 16.0.